The van der Waals surface area contributed by atoms with Crippen LogP contribution in [0.1, 0.15) is 73.1 Å². The molecular weight excluding hydrogens is 344 g/mol. The zero-order chi connectivity index (χ0) is 20.2. The first-order chi connectivity index (χ1) is 12.6. The second-order valence-electron chi connectivity index (χ2n) is 10.0. The molecule has 3 saturated carbocycles. The Balaban J connectivity index is 2.19. The number of ketones is 1. The molecule has 0 spiro atoms. The van der Waals surface area contributed by atoms with Crippen LogP contribution in [0, 0.1) is 34.0 Å². The normalized spacial score (nSPS) is 49.9. The lowest BCUT2D eigenvalue weighted by Gasteiger charge is -2.62. The van der Waals surface area contributed by atoms with Gasteiger partial charge >= 0.3 is 5.97 Å². The standard InChI is InChI=1S/C22H36O5/c1-6-20(4)11-16(27-17(25)12-23)21(5)13(2)7-9-22(14(3)19(20)26)10-8-15(24)18(21)22/h13-14,16,18-19,23,26H,6-12H2,1-5H3/t13-,14+,16-,18+,19+,20-,21?,22?/m0/s1. The van der Waals surface area contributed by atoms with E-state index in [-0.39, 0.29) is 29.0 Å². The summed E-state index contributed by atoms with van der Waals surface area (Å²) < 4.78 is 5.82. The second kappa shape index (κ2) is 6.84. The van der Waals surface area contributed by atoms with E-state index in [1.165, 1.54) is 0 Å². The maximum absolute atomic E-state index is 13.1. The Kier molecular flexibility index (Phi) is 5.26. The quantitative estimate of drug-likeness (QED) is 0.735. The summed E-state index contributed by atoms with van der Waals surface area (Å²) in [5.41, 5.74) is -1.10. The minimum Gasteiger partial charge on any atom is -0.460 e. The summed E-state index contributed by atoms with van der Waals surface area (Å²) in [6, 6.07) is 0. The zero-order valence-corrected chi connectivity index (χ0v) is 17.5. The molecule has 3 aliphatic carbocycles. The third kappa shape index (κ3) is 2.79. The number of ether oxygens (including phenoxy) is 1. The van der Waals surface area contributed by atoms with Gasteiger partial charge in [-0.15, -0.1) is 0 Å². The van der Waals surface area contributed by atoms with Gasteiger partial charge in [0, 0.05) is 17.8 Å². The Morgan fingerprint density at radius 2 is 1.93 bits per heavy atom. The van der Waals surface area contributed by atoms with E-state index in [2.05, 4.69) is 34.6 Å². The van der Waals surface area contributed by atoms with Crippen LogP contribution in [0.5, 0.6) is 0 Å². The average Bonchev–Trinajstić information content (AvgIpc) is 3.00. The monoisotopic (exact) mass is 380 g/mol. The highest BCUT2D eigenvalue weighted by atomic mass is 16.6. The van der Waals surface area contributed by atoms with Crippen molar-refractivity contribution in [3.63, 3.8) is 0 Å². The highest BCUT2D eigenvalue weighted by Crippen LogP contribution is 2.68. The highest BCUT2D eigenvalue weighted by Gasteiger charge is 2.68. The number of esters is 1. The van der Waals surface area contributed by atoms with Crippen LogP contribution in [-0.2, 0) is 14.3 Å². The summed E-state index contributed by atoms with van der Waals surface area (Å²) >= 11 is 0. The van der Waals surface area contributed by atoms with Gasteiger partial charge in [0.15, 0.2) is 0 Å². The first-order valence-corrected chi connectivity index (χ1v) is 10.6. The number of aliphatic hydroxyl groups is 2. The molecule has 0 radical (unpaired) electrons. The number of rotatable bonds is 3. The number of aliphatic hydroxyl groups excluding tert-OH is 2. The molecule has 2 bridgehead atoms. The molecule has 8 atom stereocenters. The molecule has 0 aromatic rings. The van der Waals surface area contributed by atoms with Gasteiger partial charge in [0.25, 0.3) is 0 Å². The van der Waals surface area contributed by atoms with Crippen molar-refractivity contribution in [1.82, 2.24) is 0 Å². The lowest BCUT2D eigenvalue weighted by atomic mass is 9.43. The van der Waals surface area contributed by atoms with Gasteiger partial charge < -0.3 is 14.9 Å². The van der Waals surface area contributed by atoms with Crippen LogP contribution in [0.25, 0.3) is 0 Å². The molecule has 3 fully saturated rings. The third-order valence-electron chi connectivity index (χ3n) is 9.11. The zero-order valence-electron chi connectivity index (χ0n) is 17.5. The average molecular weight is 381 g/mol. The Labute approximate surface area is 162 Å². The van der Waals surface area contributed by atoms with Gasteiger partial charge in [-0.3, -0.25) is 4.79 Å². The summed E-state index contributed by atoms with van der Waals surface area (Å²) in [6.07, 6.45) is 3.53. The maximum Gasteiger partial charge on any atom is 0.332 e. The smallest absolute Gasteiger partial charge is 0.332 e. The van der Waals surface area contributed by atoms with E-state index in [0.717, 1.165) is 25.7 Å². The lowest BCUT2D eigenvalue weighted by Crippen LogP contribution is -2.63. The minimum atomic E-state index is -0.660. The van der Waals surface area contributed by atoms with E-state index in [4.69, 9.17) is 4.74 Å². The fourth-order valence-electron chi connectivity index (χ4n) is 6.90. The van der Waals surface area contributed by atoms with Crippen LogP contribution in [0.15, 0.2) is 0 Å². The van der Waals surface area contributed by atoms with Crippen molar-refractivity contribution in [3.8, 4) is 0 Å². The van der Waals surface area contributed by atoms with Crippen molar-refractivity contribution in [2.24, 2.45) is 34.0 Å². The second-order valence-corrected chi connectivity index (χ2v) is 10.0. The van der Waals surface area contributed by atoms with Crippen molar-refractivity contribution >= 4 is 11.8 Å². The van der Waals surface area contributed by atoms with Crippen molar-refractivity contribution in [2.45, 2.75) is 85.4 Å². The highest BCUT2D eigenvalue weighted by molar-refractivity contribution is 5.85. The van der Waals surface area contributed by atoms with Gasteiger partial charge in [0.05, 0.1) is 6.10 Å². The van der Waals surface area contributed by atoms with Gasteiger partial charge in [0.1, 0.15) is 18.5 Å². The number of hydrogen-bond acceptors (Lipinski definition) is 5. The molecule has 27 heavy (non-hydrogen) atoms. The molecule has 0 heterocycles. The summed E-state index contributed by atoms with van der Waals surface area (Å²) in [4.78, 5) is 25.2. The first-order valence-electron chi connectivity index (χ1n) is 10.6. The minimum absolute atomic E-state index is 0.0280. The molecule has 5 heteroatoms. The summed E-state index contributed by atoms with van der Waals surface area (Å²) in [7, 11) is 0. The number of carbonyl (C=O) groups excluding carboxylic acids is 2. The number of carbonyl (C=O) groups is 2. The number of hydrogen-bond donors (Lipinski definition) is 2. The molecule has 0 aromatic heterocycles. The SMILES string of the molecule is CC[C@@]1(C)C[C@H](OC(=O)CO)C2(C)[C@@H](C)CCC3(CCC(=O)[C@@H]32)[C@H](C)[C@H]1O. The lowest BCUT2D eigenvalue weighted by molar-refractivity contribution is -0.213. The van der Waals surface area contributed by atoms with Gasteiger partial charge in [0.2, 0.25) is 0 Å². The molecular formula is C22H36O5. The van der Waals surface area contributed by atoms with E-state index < -0.39 is 35.6 Å². The van der Waals surface area contributed by atoms with Crippen molar-refractivity contribution < 1.29 is 24.5 Å². The van der Waals surface area contributed by atoms with Crippen LogP contribution in [0.2, 0.25) is 0 Å². The van der Waals surface area contributed by atoms with Gasteiger partial charge in [-0.05, 0) is 54.8 Å². The van der Waals surface area contributed by atoms with Crippen LogP contribution in [0.3, 0.4) is 0 Å². The molecule has 3 aliphatic rings. The fourth-order valence-corrected chi connectivity index (χ4v) is 6.90. The third-order valence-corrected chi connectivity index (χ3v) is 9.11. The van der Waals surface area contributed by atoms with Gasteiger partial charge in [-0.1, -0.05) is 34.6 Å². The van der Waals surface area contributed by atoms with E-state index in [1.54, 1.807) is 0 Å². The molecule has 2 unspecified atom stereocenters. The first kappa shape index (κ1) is 20.8. The molecule has 0 aromatic carbocycles. The van der Waals surface area contributed by atoms with Gasteiger partial charge in [-0.2, -0.15) is 0 Å². The molecule has 0 aliphatic heterocycles. The van der Waals surface area contributed by atoms with E-state index >= 15 is 0 Å². The molecule has 154 valence electrons. The Hall–Kier alpha value is -0.940. The van der Waals surface area contributed by atoms with E-state index in [1.807, 2.05) is 0 Å². The van der Waals surface area contributed by atoms with Crippen molar-refractivity contribution in [2.75, 3.05) is 6.61 Å². The summed E-state index contributed by atoms with van der Waals surface area (Å²) in [5, 5.41) is 20.7. The fraction of sp³-hybridized carbons (Fsp3) is 0.909. The van der Waals surface area contributed by atoms with Gasteiger partial charge in [-0.25, -0.2) is 4.79 Å². The Morgan fingerprint density at radius 3 is 2.52 bits per heavy atom. The Morgan fingerprint density at radius 1 is 1.26 bits per heavy atom. The predicted molar refractivity (Wildman–Crippen MR) is 102 cm³/mol. The molecule has 5 nitrogen and oxygen atoms in total. The van der Waals surface area contributed by atoms with Crippen LogP contribution in [0.4, 0.5) is 0 Å². The maximum atomic E-state index is 13.1. The predicted octanol–water partition coefficient (Wildman–Crippen LogP) is 3.11. The number of Topliss-reactive ketones (excluding diaryl/α,β-unsaturated/α-hetero) is 1. The largest absolute Gasteiger partial charge is 0.460 e. The summed E-state index contributed by atoms with van der Waals surface area (Å²) in [6.45, 7) is 9.90. The topological polar surface area (TPSA) is 83.8 Å². The van der Waals surface area contributed by atoms with E-state index in [9.17, 15) is 19.8 Å². The molecule has 3 rings (SSSR count). The molecule has 2 N–H and O–H groups in total. The van der Waals surface area contributed by atoms with Crippen molar-refractivity contribution in [1.29, 1.82) is 0 Å². The van der Waals surface area contributed by atoms with Crippen LogP contribution in [-0.4, -0.2) is 40.8 Å². The molecule has 0 amide bonds. The summed E-state index contributed by atoms with van der Waals surface area (Å²) in [5.74, 6) is -0.320. The van der Waals surface area contributed by atoms with Crippen LogP contribution >= 0.6 is 0 Å². The van der Waals surface area contributed by atoms with Crippen molar-refractivity contribution in [3.05, 3.63) is 0 Å². The van der Waals surface area contributed by atoms with E-state index in [0.29, 0.717) is 12.8 Å². The van der Waals surface area contributed by atoms with Crippen LogP contribution < -0.4 is 0 Å². The molecule has 0 saturated heterocycles. The Bertz CT molecular complexity index is 618.